The molecule has 16 heavy (non-hydrogen) atoms. The molecular formula is C12H17ClN2O. The number of carbonyl (C=O) groups excluding carboxylic acids is 1. The summed E-state index contributed by atoms with van der Waals surface area (Å²) in [4.78, 5) is 11.6. The van der Waals surface area contributed by atoms with Gasteiger partial charge >= 0.3 is 0 Å². The van der Waals surface area contributed by atoms with E-state index in [-0.39, 0.29) is 11.4 Å². The van der Waals surface area contributed by atoms with Crippen molar-refractivity contribution in [2.45, 2.75) is 32.2 Å². The van der Waals surface area contributed by atoms with Gasteiger partial charge in [-0.2, -0.15) is 0 Å². The van der Waals surface area contributed by atoms with Crippen LogP contribution >= 0.6 is 11.6 Å². The fourth-order valence-electron chi connectivity index (χ4n) is 1.21. The Morgan fingerprint density at radius 3 is 2.62 bits per heavy atom. The van der Waals surface area contributed by atoms with E-state index in [0.29, 0.717) is 23.6 Å². The lowest BCUT2D eigenvalue weighted by Gasteiger charge is -2.17. The van der Waals surface area contributed by atoms with Crippen LogP contribution in [0.5, 0.6) is 0 Å². The summed E-state index contributed by atoms with van der Waals surface area (Å²) in [7, 11) is 0. The van der Waals surface area contributed by atoms with E-state index in [0.717, 1.165) is 0 Å². The highest BCUT2D eigenvalue weighted by Crippen LogP contribution is 2.20. The topological polar surface area (TPSA) is 55.1 Å². The highest BCUT2D eigenvalue weighted by molar-refractivity contribution is 6.33. The Hall–Kier alpha value is -1.06. The molecule has 0 heterocycles. The second kappa shape index (κ2) is 5.32. The number of para-hydroxylation sites is 1. The average Bonchev–Trinajstić information content (AvgIpc) is 2.18. The molecule has 0 radical (unpaired) electrons. The summed E-state index contributed by atoms with van der Waals surface area (Å²) in [5.41, 5.74) is 6.12. The molecule has 1 aromatic rings. The Morgan fingerprint density at radius 1 is 1.44 bits per heavy atom. The van der Waals surface area contributed by atoms with E-state index >= 15 is 0 Å². The highest BCUT2D eigenvalue weighted by atomic mass is 35.5. The number of benzene rings is 1. The monoisotopic (exact) mass is 240 g/mol. The number of nitrogens with two attached hydrogens (primary N) is 1. The second-order valence-electron chi connectivity index (χ2n) is 4.52. The van der Waals surface area contributed by atoms with Crippen LogP contribution in [0.3, 0.4) is 0 Å². The van der Waals surface area contributed by atoms with Crippen LogP contribution in [0, 0.1) is 0 Å². The third-order valence-electron chi connectivity index (χ3n) is 2.14. The summed E-state index contributed by atoms with van der Waals surface area (Å²) in [5, 5.41) is 3.30. The second-order valence-corrected chi connectivity index (χ2v) is 4.92. The number of nitrogens with one attached hydrogen (secondary N) is 1. The van der Waals surface area contributed by atoms with Gasteiger partial charge in [-0.15, -0.1) is 0 Å². The van der Waals surface area contributed by atoms with Crippen molar-refractivity contribution in [2.75, 3.05) is 5.32 Å². The van der Waals surface area contributed by atoms with Crippen molar-refractivity contribution in [1.82, 2.24) is 0 Å². The maximum atomic E-state index is 11.6. The third-order valence-corrected chi connectivity index (χ3v) is 2.47. The first-order valence-corrected chi connectivity index (χ1v) is 5.59. The molecule has 0 fully saturated rings. The number of rotatable bonds is 4. The summed E-state index contributed by atoms with van der Waals surface area (Å²) >= 11 is 5.92. The van der Waals surface area contributed by atoms with Gasteiger partial charge < -0.3 is 11.1 Å². The minimum absolute atomic E-state index is 0.0633. The summed E-state index contributed by atoms with van der Waals surface area (Å²) < 4.78 is 0. The third kappa shape index (κ3) is 4.64. The fourth-order valence-corrected chi connectivity index (χ4v) is 1.39. The zero-order valence-electron chi connectivity index (χ0n) is 9.59. The van der Waals surface area contributed by atoms with Gasteiger partial charge in [-0.25, -0.2) is 0 Å². The molecule has 0 aliphatic rings. The lowest BCUT2D eigenvalue weighted by Crippen LogP contribution is -2.33. The van der Waals surface area contributed by atoms with Gasteiger partial charge in [-0.3, -0.25) is 4.79 Å². The van der Waals surface area contributed by atoms with E-state index in [4.69, 9.17) is 17.3 Å². The first-order chi connectivity index (χ1) is 7.38. The molecule has 3 N–H and O–H groups in total. The lowest BCUT2D eigenvalue weighted by atomic mass is 10.00. The molecule has 0 atom stereocenters. The normalized spacial score (nSPS) is 11.2. The molecule has 0 spiro atoms. The van der Waals surface area contributed by atoms with E-state index in [1.807, 2.05) is 26.0 Å². The van der Waals surface area contributed by atoms with Gasteiger partial charge in [-0.05, 0) is 32.4 Å². The van der Waals surface area contributed by atoms with Gasteiger partial charge in [0.05, 0.1) is 10.7 Å². The summed E-state index contributed by atoms with van der Waals surface area (Å²) in [6.07, 6.45) is 1.04. The SMILES string of the molecule is CC(C)(N)CCC(=O)Nc1ccccc1Cl. The van der Waals surface area contributed by atoms with Crippen molar-refractivity contribution in [3.8, 4) is 0 Å². The maximum Gasteiger partial charge on any atom is 0.224 e. The maximum absolute atomic E-state index is 11.6. The molecule has 88 valence electrons. The molecule has 1 aromatic carbocycles. The lowest BCUT2D eigenvalue weighted by molar-refractivity contribution is -0.116. The number of amides is 1. The van der Waals surface area contributed by atoms with Gasteiger partial charge in [-0.1, -0.05) is 23.7 Å². The number of hydrogen-bond acceptors (Lipinski definition) is 2. The Bertz CT molecular complexity index is 372. The van der Waals surface area contributed by atoms with Gasteiger partial charge in [0.15, 0.2) is 0 Å². The van der Waals surface area contributed by atoms with E-state index in [9.17, 15) is 4.79 Å². The van der Waals surface area contributed by atoms with Crippen molar-refractivity contribution in [2.24, 2.45) is 5.73 Å². The Kier molecular flexibility index (Phi) is 4.33. The molecule has 0 aromatic heterocycles. The minimum atomic E-state index is -0.322. The van der Waals surface area contributed by atoms with E-state index in [1.54, 1.807) is 12.1 Å². The number of carbonyl (C=O) groups is 1. The largest absolute Gasteiger partial charge is 0.326 e. The van der Waals surface area contributed by atoms with E-state index < -0.39 is 0 Å². The zero-order chi connectivity index (χ0) is 12.2. The highest BCUT2D eigenvalue weighted by Gasteiger charge is 2.13. The van der Waals surface area contributed by atoms with Gasteiger partial charge in [0.25, 0.3) is 0 Å². The van der Waals surface area contributed by atoms with Crippen LogP contribution in [0.15, 0.2) is 24.3 Å². The summed E-state index contributed by atoms with van der Waals surface area (Å²) in [6, 6.07) is 7.16. The smallest absolute Gasteiger partial charge is 0.224 e. The minimum Gasteiger partial charge on any atom is -0.326 e. The standard InChI is InChI=1S/C12H17ClN2O/c1-12(2,14)8-7-11(16)15-10-6-4-3-5-9(10)13/h3-6H,7-8,14H2,1-2H3,(H,15,16). The number of anilines is 1. The van der Waals surface area contributed by atoms with Crippen molar-refractivity contribution in [3.63, 3.8) is 0 Å². The predicted molar refractivity (Wildman–Crippen MR) is 67.6 cm³/mol. The first-order valence-electron chi connectivity index (χ1n) is 5.22. The Balaban J connectivity index is 2.50. The summed E-state index contributed by atoms with van der Waals surface area (Å²) in [5.74, 6) is -0.0633. The molecule has 1 rings (SSSR count). The van der Waals surface area contributed by atoms with Crippen molar-refractivity contribution in [3.05, 3.63) is 29.3 Å². The zero-order valence-corrected chi connectivity index (χ0v) is 10.3. The molecule has 4 heteroatoms. The quantitative estimate of drug-likeness (QED) is 0.850. The molecule has 0 saturated carbocycles. The Morgan fingerprint density at radius 2 is 2.06 bits per heavy atom. The fraction of sp³-hybridized carbons (Fsp3) is 0.417. The van der Waals surface area contributed by atoms with Crippen LogP contribution < -0.4 is 11.1 Å². The van der Waals surface area contributed by atoms with Gasteiger partial charge in [0.1, 0.15) is 0 Å². The van der Waals surface area contributed by atoms with Crippen LogP contribution in [0.25, 0.3) is 0 Å². The molecule has 0 bridgehead atoms. The van der Waals surface area contributed by atoms with Crippen LogP contribution in [-0.2, 0) is 4.79 Å². The van der Waals surface area contributed by atoms with Crippen molar-refractivity contribution >= 4 is 23.2 Å². The van der Waals surface area contributed by atoms with Crippen LogP contribution in [0.2, 0.25) is 5.02 Å². The predicted octanol–water partition coefficient (Wildman–Crippen LogP) is 2.80. The molecule has 0 saturated heterocycles. The Labute approximate surface area is 101 Å². The molecule has 1 amide bonds. The van der Waals surface area contributed by atoms with Gasteiger partial charge in [0.2, 0.25) is 5.91 Å². The number of hydrogen-bond donors (Lipinski definition) is 2. The molecule has 0 aliphatic carbocycles. The number of halogens is 1. The average molecular weight is 241 g/mol. The van der Waals surface area contributed by atoms with E-state index in [2.05, 4.69) is 5.32 Å². The molecule has 0 unspecified atom stereocenters. The van der Waals surface area contributed by atoms with Crippen LogP contribution in [0.1, 0.15) is 26.7 Å². The molecule has 0 aliphatic heterocycles. The van der Waals surface area contributed by atoms with Crippen LogP contribution in [-0.4, -0.2) is 11.4 Å². The summed E-state index contributed by atoms with van der Waals surface area (Å²) in [6.45, 7) is 3.80. The first kappa shape index (κ1) is 13.0. The molecular weight excluding hydrogens is 224 g/mol. The van der Waals surface area contributed by atoms with Crippen molar-refractivity contribution in [1.29, 1.82) is 0 Å². The van der Waals surface area contributed by atoms with E-state index in [1.165, 1.54) is 0 Å². The van der Waals surface area contributed by atoms with Crippen molar-refractivity contribution < 1.29 is 4.79 Å². The van der Waals surface area contributed by atoms with Crippen LogP contribution in [0.4, 0.5) is 5.69 Å². The van der Waals surface area contributed by atoms with Gasteiger partial charge in [0, 0.05) is 12.0 Å². The molecule has 3 nitrogen and oxygen atoms in total.